The van der Waals surface area contributed by atoms with Gasteiger partial charge in [-0.05, 0) is 65.2 Å². The lowest BCUT2D eigenvalue weighted by Crippen LogP contribution is -2.10. The molecule has 0 aliphatic heterocycles. The van der Waals surface area contributed by atoms with Crippen molar-refractivity contribution in [2.24, 2.45) is 5.92 Å². The third-order valence-corrected chi connectivity index (χ3v) is 3.97. The first kappa shape index (κ1) is 20.0. The number of halogens is 1. The number of carbonyl (C=O) groups is 2. The van der Waals surface area contributed by atoms with E-state index < -0.39 is 5.97 Å². The quantitative estimate of drug-likeness (QED) is 0.344. The highest BCUT2D eigenvalue weighted by Gasteiger charge is 2.15. The molecule has 2 aromatic carbocycles. The van der Waals surface area contributed by atoms with E-state index in [9.17, 15) is 9.59 Å². The SMILES string of the molecule is CCOc1cc(C=O)ccc1OC(=O)c1ccc(OCC(C)C)c(Br)c1. The van der Waals surface area contributed by atoms with Crippen LogP contribution in [0, 0.1) is 5.92 Å². The summed E-state index contributed by atoms with van der Waals surface area (Å²) in [5.41, 5.74) is 0.818. The van der Waals surface area contributed by atoms with Crippen molar-refractivity contribution in [1.82, 2.24) is 0 Å². The molecule has 0 bridgehead atoms. The van der Waals surface area contributed by atoms with E-state index >= 15 is 0 Å². The summed E-state index contributed by atoms with van der Waals surface area (Å²) in [7, 11) is 0. The van der Waals surface area contributed by atoms with E-state index in [1.807, 2.05) is 6.92 Å². The van der Waals surface area contributed by atoms with Crippen molar-refractivity contribution in [3.05, 3.63) is 52.0 Å². The number of rotatable bonds is 8. The zero-order chi connectivity index (χ0) is 19.1. The number of esters is 1. The third-order valence-electron chi connectivity index (χ3n) is 3.35. The van der Waals surface area contributed by atoms with Gasteiger partial charge in [0.1, 0.15) is 12.0 Å². The van der Waals surface area contributed by atoms with Gasteiger partial charge in [-0.25, -0.2) is 4.79 Å². The fraction of sp³-hybridized carbons (Fsp3) is 0.300. The minimum absolute atomic E-state index is 0.263. The summed E-state index contributed by atoms with van der Waals surface area (Å²) in [6, 6.07) is 9.67. The topological polar surface area (TPSA) is 61.8 Å². The molecular formula is C20H21BrO5. The van der Waals surface area contributed by atoms with Gasteiger partial charge in [0, 0.05) is 5.56 Å². The maximum atomic E-state index is 12.4. The highest BCUT2D eigenvalue weighted by molar-refractivity contribution is 9.10. The Morgan fingerprint density at radius 2 is 1.81 bits per heavy atom. The van der Waals surface area contributed by atoms with Crippen molar-refractivity contribution in [3.63, 3.8) is 0 Å². The number of ether oxygens (including phenoxy) is 3. The molecule has 0 radical (unpaired) electrons. The van der Waals surface area contributed by atoms with Crippen molar-refractivity contribution in [3.8, 4) is 17.2 Å². The Morgan fingerprint density at radius 3 is 2.42 bits per heavy atom. The second-order valence-corrected chi connectivity index (χ2v) is 6.85. The van der Waals surface area contributed by atoms with Crippen LogP contribution in [-0.4, -0.2) is 25.5 Å². The smallest absolute Gasteiger partial charge is 0.343 e. The molecule has 0 saturated heterocycles. The Morgan fingerprint density at radius 1 is 1.08 bits per heavy atom. The summed E-state index contributed by atoms with van der Waals surface area (Å²) < 4.78 is 17.2. The van der Waals surface area contributed by atoms with Gasteiger partial charge in [-0.15, -0.1) is 0 Å². The van der Waals surface area contributed by atoms with E-state index in [0.717, 1.165) is 0 Å². The van der Waals surface area contributed by atoms with Crippen LogP contribution in [-0.2, 0) is 0 Å². The van der Waals surface area contributed by atoms with Gasteiger partial charge in [0.25, 0.3) is 0 Å². The molecule has 0 aliphatic carbocycles. The fourth-order valence-corrected chi connectivity index (χ4v) is 2.60. The summed E-state index contributed by atoms with van der Waals surface area (Å²) >= 11 is 3.41. The molecule has 26 heavy (non-hydrogen) atoms. The lowest BCUT2D eigenvalue weighted by atomic mass is 10.2. The predicted octanol–water partition coefficient (Wildman–Crippen LogP) is 4.91. The van der Waals surface area contributed by atoms with Crippen molar-refractivity contribution < 1.29 is 23.8 Å². The molecule has 0 heterocycles. The van der Waals surface area contributed by atoms with Crippen molar-refractivity contribution in [2.75, 3.05) is 13.2 Å². The molecule has 0 aromatic heterocycles. The molecular weight excluding hydrogens is 400 g/mol. The number of aldehydes is 1. The molecule has 0 amide bonds. The Bertz CT molecular complexity index is 786. The molecule has 5 nitrogen and oxygen atoms in total. The van der Waals surface area contributed by atoms with Crippen LogP contribution in [0.4, 0.5) is 0 Å². The second kappa shape index (κ2) is 9.38. The molecule has 6 heteroatoms. The van der Waals surface area contributed by atoms with Crippen molar-refractivity contribution in [2.45, 2.75) is 20.8 Å². The largest absolute Gasteiger partial charge is 0.492 e. The normalized spacial score (nSPS) is 10.5. The van der Waals surface area contributed by atoms with Gasteiger partial charge in [0.05, 0.1) is 23.2 Å². The van der Waals surface area contributed by atoms with Gasteiger partial charge in [0.2, 0.25) is 0 Å². The molecule has 138 valence electrons. The number of carbonyl (C=O) groups excluding carboxylic acids is 2. The third kappa shape index (κ3) is 5.33. The van der Waals surface area contributed by atoms with E-state index in [1.165, 1.54) is 6.07 Å². The van der Waals surface area contributed by atoms with E-state index in [2.05, 4.69) is 29.8 Å². The maximum Gasteiger partial charge on any atom is 0.343 e. The van der Waals surface area contributed by atoms with E-state index in [1.54, 1.807) is 30.3 Å². The molecule has 2 rings (SSSR count). The van der Waals surface area contributed by atoms with Crippen molar-refractivity contribution >= 4 is 28.2 Å². The Balaban J connectivity index is 2.17. The minimum Gasteiger partial charge on any atom is -0.492 e. The molecule has 0 fully saturated rings. The van der Waals surface area contributed by atoms with E-state index in [0.29, 0.717) is 52.5 Å². The van der Waals surface area contributed by atoms with Gasteiger partial charge in [-0.1, -0.05) is 13.8 Å². The Hall–Kier alpha value is -2.34. The number of hydrogen-bond acceptors (Lipinski definition) is 5. The summed E-state index contributed by atoms with van der Waals surface area (Å²) in [5, 5.41) is 0. The molecule has 0 N–H and O–H groups in total. The van der Waals surface area contributed by atoms with E-state index in [4.69, 9.17) is 14.2 Å². The van der Waals surface area contributed by atoms with Crippen LogP contribution >= 0.6 is 15.9 Å². The Kier molecular flexibility index (Phi) is 7.21. The van der Waals surface area contributed by atoms with Gasteiger partial charge >= 0.3 is 5.97 Å². The van der Waals surface area contributed by atoms with Crippen molar-refractivity contribution in [1.29, 1.82) is 0 Å². The highest BCUT2D eigenvalue weighted by atomic mass is 79.9. The molecule has 2 aromatic rings. The van der Waals surface area contributed by atoms with Gasteiger partial charge in [-0.3, -0.25) is 4.79 Å². The molecule has 0 atom stereocenters. The minimum atomic E-state index is -0.527. The first-order chi connectivity index (χ1) is 12.4. The monoisotopic (exact) mass is 420 g/mol. The lowest BCUT2D eigenvalue weighted by Gasteiger charge is -2.13. The first-order valence-electron chi connectivity index (χ1n) is 8.31. The van der Waals surface area contributed by atoms with Crippen LogP contribution < -0.4 is 14.2 Å². The average molecular weight is 421 g/mol. The standard InChI is InChI=1S/C20H21BrO5/c1-4-24-19-9-14(11-22)5-7-18(19)26-20(23)15-6-8-17(16(21)10-15)25-12-13(2)3/h5-11,13H,4,12H2,1-3H3. The summed E-state index contributed by atoms with van der Waals surface area (Å²) in [4.78, 5) is 23.3. The van der Waals surface area contributed by atoms with Crippen LogP contribution in [0.5, 0.6) is 17.2 Å². The summed E-state index contributed by atoms with van der Waals surface area (Å²) in [6.45, 7) is 6.91. The highest BCUT2D eigenvalue weighted by Crippen LogP contribution is 2.30. The lowest BCUT2D eigenvalue weighted by molar-refractivity contribution is 0.0728. The van der Waals surface area contributed by atoms with Crippen LogP contribution in [0.3, 0.4) is 0 Å². The second-order valence-electron chi connectivity index (χ2n) is 6.00. The van der Waals surface area contributed by atoms with Crippen LogP contribution in [0.25, 0.3) is 0 Å². The average Bonchev–Trinajstić information content (AvgIpc) is 2.62. The van der Waals surface area contributed by atoms with Gasteiger partial charge < -0.3 is 14.2 Å². The Labute approximate surface area is 161 Å². The van der Waals surface area contributed by atoms with Crippen LogP contribution in [0.15, 0.2) is 40.9 Å². The van der Waals surface area contributed by atoms with Crippen LogP contribution in [0.2, 0.25) is 0 Å². The van der Waals surface area contributed by atoms with Gasteiger partial charge in [0.15, 0.2) is 11.5 Å². The van der Waals surface area contributed by atoms with Crippen LogP contribution in [0.1, 0.15) is 41.5 Å². The molecule has 0 saturated carbocycles. The first-order valence-corrected chi connectivity index (χ1v) is 9.10. The predicted molar refractivity (Wildman–Crippen MR) is 102 cm³/mol. The molecule has 0 spiro atoms. The zero-order valence-corrected chi connectivity index (χ0v) is 16.5. The number of benzene rings is 2. The zero-order valence-electron chi connectivity index (χ0n) is 15.0. The van der Waals surface area contributed by atoms with E-state index in [-0.39, 0.29) is 5.75 Å². The molecule has 0 unspecified atom stereocenters. The fourth-order valence-electron chi connectivity index (χ4n) is 2.11. The number of hydrogen-bond donors (Lipinski definition) is 0. The maximum absolute atomic E-state index is 12.4. The van der Waals surface area contributed by atoms with Gasteiger partial charge in [-0.2, -0.15) is 0 Å². The summed E-state index contributed by atoms with van der Waals surface area (Å²) in [5.74, 6) is 1.15. The summed E-state index contributed by atoms with van der Waals surface area (Å²) in [6.07, 6.45) is 0.709. The molecule has 0 aliphatic rings.